The molecule has 0 saturated carbocycles. The minimum Gasteiger partial charge on any atom is -0.496 e. The summed E-state index contributed by atoms with van der Waals surface area (Å²) in [5, 5.41) is 3.45. The highest BCUT2D eigenvalue weighted by molar-refractivity contribution is 5.54. The van der Waals surface area contributed by atoms with Crippen LogP contribution in [0.5, 0.6) is 11.6 Å². The molecule has 1 heterocycles. The summed E-state index contributed by atoms with van der Waals surface area (Å²) in [6.45, 7) is 6.71. The number of methoxy groups -OCH3 is 1. The second-order valence-corrected chi connectivity index (χ2v) is 4.90. The molecule has 2 aromatic rings. The average Bonchev–Trinajstić information content (AvgIpc) is 2.49. The van der Waals surface area contributed by atoms with E-state index in [0.717, 1.165) is 17.0 Å². The van der Waals surface area contributed by atoms with E-state index in [4.69, 9.17) is 9.47 Å². The summed E-state index contributed by atoms with van der Waals surface area (Å²) in [7, 11) is 1.69. The van der Waals surface area contributed by atoms with Crippen LogP contribution >= 0.6 is 0 Å². The molecular weight excluding hydrogens is 264 g/mol. The van der Waals surface area contributed by atoms with Gasteiger partial charge in [-0.2, -0.15) is 0 Å². The van der Waals surface area contributed by atoms with E-state index in [0.29, 0.717) is 12.5 Å². The second kappa shape index (κ2) is 6.97. The van der Waals surface area contributed by atoms with Gasteiger partial charge in [0.25, 0.3) is 0 Å². The zero-order valence-electron chi connectivity index (χ0n) is 13.0. The quantitative estimate of drug-likeness (QED) is 0.872. The average molecular weight is 286 g/mol. The smallest absolute Gasteiger partial charge is 0.237 e. The van der Waals surface area contributed by atoms with E-state index in [-0.39, 0.29) is 6.04 Å². The minimum atomic E-state index is 0.0863. The highest BCUT2D eigenvalue weighted by Gasteiger charge is 2.14. The van der Waals surface area contributed by atoms with Crippen molar-refractivity contribution in [2.24, 2.45) is 0 Å². The molecule has 1 atom stereocenters. The second-order valence-electron chi connectivity index (χ2n) is 4.90. The van der Waals surface area contributed by atoms with Gasteiger partial charge in [-0.1, -0.05) is 17.7 Å². The van der Waals surface area contributed by atoms with Crippen LogP contribution in [0.3, 0.4) is 0 Å². The molecule has 4 heteroatoms. The molecule has 0 amide bonds. The van der Waals surface area contributed by atoms with Crippen LogP contribution in [-0.2, 0) is 0 Å². The molecule has 0 saturated heterocycles. The van der Waals surface area contributed by atoms with Gasteiger partial charge in [0.1, 0.15) is 5.75 Å². The molecule has 0 fully saturated rings. The molecule has 1 aromatic carbocycles. The first-order chi connectivity index (χ1) is 10.2. The van der Waals surface area contributed by atoms with Crippen molar-refractivity contribution < 1.29 is 9.47 Å². The molecule has 1 N–H and O–H groups in total. The number of ether oxygens (including phenoxy) is 2. The van der Waals surface area contributed by atoms with Gasteiger partial charge < -0.3 is 14.8 Å². The fourth-order valence-corrected chi connectivity index (χ4v) is 2.26. The number of pyridine rings is 1. The van der Waals surface area contributed by atoms with E-state index in [1.807, 2.05) is 31.2 Å². The van der Waals surface area contributed by atoms with Crippen molar-refractivity contribution in [2.75, 3.05) is 19.0 Å². The third-order valence-corrected chi connectivity index (χ3v) is 3.28. The largest absolute Gasteiger partial charge is 0.496 e. The van der Waals surface area contributed by atoms with Gasteiger partial charge in [-0.25, -0.2) is 4.98 Å². The van der Waals surface area contributed by atoms with E-state index in [9.17, 15) is 0 Å². The van der Waals surface area contributed by atoms with Crippen LogP contribution in [0.15, 0.2) is 36.5 Å². The van der Waals surface area contributed by atoms with Gasteiger partial charge in [0.2, 0.25) is 5.88 Å². The Morgan fingerprint density at radius 3 is 2.81 bits per heavy atom. The van der Waals surface area contributed by atoms with Crippen molar-refractivity contribution in [2.45, 2.75) is 26.8 Å². The Morgan fingerprint density at radius 2 is 2.10 bits per heavy atom. The predicted octanol–water partition coefficient (Wildman–Crippen LogP) is 3.97. The Labute approximate surface area is 126 Å². The van der Waals surface area contributed by atoms with Crippen molar-refractivity contribution in [3.8, 4) is 11.6 Å². The van der Waals surface area contributed by atoms with Gasteiger partial charge in [0, 0.05) is 11.8 Å². The molecule has 4 nitrogen and oxygen atoms in total. The van der Waals surface area contributed by atoms with Gasteiger partial charge in [-0.05, 0) is 39.0 Å². The first-order valence-corrected chi connectivity index (χ1v) is 7.14. The zero-order valence-corrected chi connectivity index (χ0v) is 13.0. The fourth-order valence-electron chi connectivity index (χ4n) is 2.26. The number of anilines is 1. The monoisotopic (exact) mass is 286 g/mol. The molecular formula is C17H22N2O2. The van der Waals surface area contributed by atoms with E-state index in [1.165, 1.54) is 5.56 Å². The molecule has 1 aromatic heterocycles. The number of nitrogens with one attached hydrogen (secondary N) is 1. The van der Waals surface area contributed by atoms with Crippen molar-refractivity contribution in [1.29, 1.82) is 0 Å². The molecule has 0 radical (unpaired) electrons. The van der Waals surface area contributed by atoms with Crippen molar-refractivity contribution in [3.05, 3.63) is 47.7 Å². The van der Waals surface area contributed by atoms with Crippen LogP contribution < -0.4 is 14.8 Å². The normalized spacial score (nSPS) is 11.8. The number of benzene rings is 1. The van der Waals surface area contributed by atoms with Crippen molar-refractivity contribution in [3.63, 3.8) is 0 Å². The molecule has 112 valence electrons. The standard InChI is InChI=1S/C17H22N2O2/c1-5-21-17-15(7-6-10-18-17)19-13(3)14-11-12(2)8-9-16(14)20-4/h6-11,13,19H,5H2,1-4H3. The Kier molecular flexibility index (Phi) is 5.04. The van der Waals surface area contributed by atoms with E-state index in [1.54, 1.807) is 13.3 Å². The summed E-state index contributed by atoms with van der Waals surface area (Å²) in [6, 6.07) is 10.1. The lowest BCUT2D eigenvalue weighted by molar-refractivity contribution is 0.328. The van der Waals surface area contributed by atoms with Gasteiger partial charge in [-0.15, -0.1) is 0 Å². The van der Waals surface area contributed by atoms with Crippen molar-refractivity contribution >= 4 is 5.69 Å². The molecule has 1 unspecified atom stereocenters. The predicted molar refractivity (Wildman–Crippen MR) is 85.2 cm³/mol. The lowest BCUT2D eigenvalue weighted by Gasteiger charge is -2.20. The van der Waals surface area contributed by atoms with Crippen LogP contribution in [0.25, 0.3) is 0 Å². The summed E-state index contributed by atoms with van der Waals surface area (Å²) in [4.78, 5) is 4.26. The fraction of sp³-hybridized carbons (Fsp3) is 0.353. The van der Waals surface area contributed by atoms with E-state index >= 15 is 0 Å². The summed E-state index contributed by atoms with van der Waals surface area (Å²) in [5.74, 6) is 1.50. The summed E-state index contributed by atoms with van der Waals surface area (Å²) >= 11 is 0. The minimum absolute atomic E-state index is 0.0863. The highest BCUT2D eigenvalue weighted by Crippen LogP contribution is 2.31. The number of rotatable bonds is 6. The van der Waals surface area contributed by atoms with Gasteiger partial charge in [-0.3, -0.25) is 0 Å². The third-order valence-electron chi connectivity index (χ3n) is 3.28. The third kappa shape index (κ3) is 3.66. The Bertz CT molecular complexity index is 599. The summed E-state index contributed by atoms with van der Waals surface area (Å²) in [5.41, 5.74) is 3.20. The number of nitrogens with zero attached hydrogens (tertiary/aromatic N) is 1. The molecule has 0 bridgehead atoms. The maximum absolute atomic E-state index is 5.55. The van der Waals surface area contributed by atoms with Crippen LogP contribution in [0.4, 0.5) is 5.69 Å². The lowest BCUT2D eigenvalue weighted by atomic mass is 10.0. The number of aromatic nitrogens is 1. The first-order valence-electron chi connectivity index (χ1n) is 7.14. The Balaban J connectivity index is 2.26. The maximum atomic E-state index is 5.55. The molecule has 0 spiro atoms. The van der Waals surface area contributed by atoms with Crippen LogP contribution in [-0.4, -0.2) is 18.7 Å². The SMILES string of the molecule is CCOc1ncccc1NC(C)c1cc(C)ccc1OC. The Morgan fingerprint density at radius 1 is 1.29 bits per heavy atom. The topological polar surface area (TPSA) is 43.4 Å². The zero-order chi connectivity index (χ0) is 15.2. The van der Waals surface area contributed by atoms with Crippen LogP contribution in [0.2, 0.25) is 0 Å². The van der Waals surface area contributed by atoms with Gasteiger partial charge >= 0.3 is 0 Å². The number of hydrogen-bond donors (Lipinski definition) is 1. The highest BCUT2D eigenvalue weighted by atomic mass is 16.5. The molecule has 0 aliphatic carbocycles. The lowest BCUT2D eigenvalue weighted by Crippen LogP contribution is -2.10. The number of aryl methyl sites for hydroxylation is 1. The summed E-state index contributed by atoms with van der Waals surface area (Å²) < 4.78 is 11.0. The van der Waals surface area contributed by atoms with Crippen LogP contribution in [0, 0.1) is 6.92 Å². The van der Waals surface area contributed by atoms with E-state index < -0.39 is 0 Å². The first kappa shape index (κ1) is 15.2. The van der Waals surface area contributed by atoms with Crippen molar-refractivity contribution in [1.82, 2.24) is 4.98 Å². The molecule has 21 heavy (non-hydrogen) atoms. The molecule has 2 rings (SSSR count). The Hall–Kier alpha value is -2.23. The van der Waals surface area contributed by atoms with E-state index in [2.05, 4.69) is 30.2 Å². The number of hydrogen-bond acceptors (Lipinski definition) is 4. The molecule has 0 aliphatic rings. The van der Waals surface area contributed by atoms with Gasteiger partial charge in [0.05, 0.1) is 25.4 Å². The summed E-state index contributed by atoms with van der Waals surface area (Å²) in [6.07, 6.45) is 1.73. The van der Waals surface area contributed by atoms with Gasteiger partial charge in [0.15, 0.2) is 0 Å². The van der Waals surface area contributed by atoms with Crippen LogP contribution in [0.1, 0.15) is 31.0 Å². The molecule has 0 aliphatic heterocycles. The maximum Gasteiger partial charge on any atom is 0.237 e.